The normalized spacial score (nSPS) is 14.4. The molecule has 1 aromatic rings. The molecule has 2 amide bonds. The minimum Gasteiger partial charge on any atom is -0.494 e. The van der Waals surface area contributed by atoms with Crippen LogP contribution in [0.25, 0.3) is 0 Å². The van der Waals surface area contributed by atoms with Gasteiger partial charge >= 0.3 is 0 Å². The van der Waals surface area contributed by atoms with E-state index in [1.165, 1.54) is 0 Å². The van der Waals surface area contributed by atoms with E-state index in [9.17, 15) is 9.59 Å². The van der Waals surface area contributed by atoms with Gasteiger partial charge in [0.25, 0.3) is 0 Å². The predicted octanol–water partition coefficient (Wildman–Crippen LogP) is 1.45. The van der Waals surface area contributed by atoms with Gasteiger partial charge in [-0.3, -0.25) is 9.59 Å². The summed E-state index contributed by atoms with van der Waals surface area (Å²) in [6.45, 7) is 4.53. The molecule has 0 atom stereocenters. The lowest BCUT2D eigenvalue weighted by Crippen LogP contribution is -2.36. The number of anilines is 3. The van der Waals surface area contributed by atoms with E-state index in [-0.39, 0.29) is 5.91 Å². The van der Waals surface area contributed by atoms with E-state index in [2.05, 4.69) is 15.5 Å². The summed E-state index contributed by atoms with van der Waals surface area (Å²) in [6.07, 6.45) is 0.961. The maximum absolute atomic E-state index is 11.8. The highest BCUT2D eigenvalue weighted by Gasteiger charge is 2.19. The lowest BCUT2D eigenvalue weighted by atomic mass is 10.1. The van der Waals surface area contributed by atoms with Crippen molar-refractivity contribution in [3.8, 4) is 5.75 Å². The largest absolute Gasteiger partial charge is 0.494 e. The summed E-state index contributed by atoms with van der Waals surface area (Å²) < 4.78 is 10.7. The van der Waals surface area contributed by atoms with Crippen molar-refractivity contribution in [2.75, 3.05) is 48.9 Å². The summed E-state index contributed by atoms with van der Waals surface area (Å²) in [7, 11) is 1.54. The van der Waals surface area contributed by atoms with Crippen molar-refractivity contribution in [1.82, 2.24) is 0 Å². The van der Waals surface area contributed by atoms with Crippen LogP contribution in [0.5, 0.6) is 5.75 Å². The quantitative estimate of drug-likeness (QED) is 0.778. The maximum atomic E-state index is 11.8. The van der Waals surface area contributed by atoms with Crippen molar-refractivity contribution in [3.63, 3.8) is 0 Å². The van der Waals surface area contributed by atoms with Gasteiger partial charge in [0, 0.05) is 25.6 Å². The first-order valence-corrected chi connectivity index (χ1v) is 7.24. The molecule has 0 radical (unpaired) electrons. The van der Waals surface area contributed by atoms with Crippen LogP contribution in [0.15, 0.2) is 12.1 Å². The highest BCUT2D eigenvalue weighted by molar-refractivity contribution is 5.96. The molecule has 1 fully saturated rings. The minimum atomic E-state index is -0.0864. The first kappa shape index (κ1) is 16.1. The number of morpholine rings is 1. The SMILES string of the molecule is CCC(=O)Nc1cc(NC=O)c(OC)cc1N1CCOCC1. The second-order valence-corrected chi connectivity index (χ2v) is 4.83. The number of nitrogens with one attached hydrogen (secondary N) is 2. The number of benzene rings is 1. The number of ether oxygens (including phenoxy) is 2. The second-order valence-electron chi connectivity index (χ2n) is 4.83. The monoisotopic (exact) mass is 307 g/mol. The van der Waals surface area contributed by atoms with Gasteiger partial charge in [-0.15, -0.1) is 0 Å². The fourth-order valence-corrected chi connectivity index (χ4v) is 2.32. The van der Waals surface area contributed by atoms with E-state index in [4.69, 9.17) is 9.47 Å². The van der Waals surface area contributed by atoms with E-state index >= 15 is 0 Å². The van der Waals surface area contributed by atoms with E-state index in [0.717, 1.165) is 18.8 Å². The molecule has 0 aromatic heterocycles. The molecule has 0 spiro atoms. The molecule has 2 N–H and O–H groups in total. The average molecular weight is 307 g/mol. The van der Waals surface area contributed by atoms with Gasteiger partial charge in [0.15, 0.2) is 0 Å². The lowest BCUT2D eigenvalue weighted by Gasteiger charge is -2.31. The van der Waals surface area contributed by atoms with Crippen LogP contribution < -0.4 is 20.3 Å². The summed E-state index contributed by atoms with van der Waals surface area (Å²) in [5, 5.41) is 5.46. The zero-order valence-electron chi connectivity index (χ0n) is 12.8. The van der Waals surface area contributed by atoms with Crippen molar-refractivity contribution in [2.45, 2.75) is 13.3 Å². The van der Waals surface area contributed by atoms with Gasteiger partial charge in [-0.25, -0.2) is 0 Å². The standard InChI is InChI=1S/C15H21N3O4/c1-3-15(20)17-11-8-12(16-10-19)14(21-2)9-13(11)18-4-6-22-7-5-18/h8-10H,3-7H2,1-2H3,(H,16,19)(H,17,20). The summed E-state index contributed by atoms with van der Waals surface area (Å²) in [6, 6.07) is 3.54. The Balaban J connectivity index is 2.41. The zero-order chi connectivity index (χ0) is 15.9. The third kappa shape index (κ3) is 3.67. The number of nitrogens with zero attached hydrogens (tertiary/aromatic N) is 1. The molecular weight excluding hydrogens is 286 g/mol. The Morgan fingerprint density at radius 3 is 2.68 bits per heavy atom. The Kier molecular flexibility index (Phi) is 5.60. The van der Waals surface area contributed by atoms with Gasteiger partial charge in [-0.1, -0.05) is 6.92 Å². The van der Waals surface area contributed by atoms with Gasteiger partial charge in [0.1, 0.15) is 5.75 Å². The van der Waals surface area contributed by atoms with Crippen LogP contribution in [0, 0.1) is 0 Å². The molecule has 1 aliphatic heterocycles. The summed E-state index contributed by atoms with van der Waals surface area (Å²) in [4.78, 5) is 24.6. The Hall–Kier alpha value is -2.28. The third-order valence-electron chi connectivity index (χ3n) is 3.48. The van der Waals surface area contributed by atoms with Crippen molar-refractivity contribution < 1.29 is 19.1 Å². The zero-order valence-corrected chi connectivity index (χ0v) is 12.8. The Morgan fingerprint density at radius 1 is 1.36 bits per heavy atom. The first-order valence-electron chi connectivity index (χ1n) is 7.24. The molecule has 1 saturated heterocycles. The number of amides is 2. The molecule has 2 rings (SSSR count). The van der Waals surface area contributed by atoms with E-state index in [1.54, 1.807) is 20.1 Å². The predicted molar refractivity (Wildman–Crippen MR) is 84.6 cm³/mol. The Morgan fingerprint density at radius 2 is 2.09 bits per heavy atom. The highest BCUT2D eigenvalue weighted by Crippen LogP contribution is 2.37. The van der Waals surface area contributed by atoms with Gasteiger partial charge in [0.05, 0.1) is 37.4 Å². The molecule has 0 aliphatic carbocycles. The number of hydrogen-bond donors (Lipinski definition) is 2. The fourth-order valence-electron chi connectivity index (χ4n) is 2.32. The van der Waals surface area contributed by atoms with Crippen LogP contribution in [0.1, 0.15) is 13.3 Å². The fraction of sp³-hybridized carbons (Fsp3) is 0.467. The molecule has 7 nitrogen and oxygen atoms in total. The maximum Gasteiger partial charge on any atom is 0.224 e. The van der Waals surface area contributed by atoms with Gasteiger partial charge in [0.2, 0.25) is 12.3 Å². The minimum absolute atomic E-state index is 0.0864. The van der Waals surface area contributed by atoms with Crippen LogP contribution in [-0.4, -0.2) is 45.7 Å². The molecule has 0 unspecified atom stereocenters. The average Bonchev–Trinajstić information content (AvgIpc) is 2.56. The molecule has 1 aromatic carbocycles. The van der Waals surface area contributed by atoms with Crippen LogP contribution in [0.2, 0.25) is 0 Å². The van der Waals surface area contributed by atoms with E-state index in [0.29, 0.717) is 43.2 Å². The van der Waals surface area contributed by atoms with Crippen LogP contribution in [0.3, 0.4) is 0 Å². The highest BCUT2D eigenvalue weighted by atomic mass is 16.5. The van der Waals surface area contributed by atoms with Crippen LogP contribution in [-0.2, 0) is 14.3 Å². The Bertz CT molecular complexity index is 542. The van der Waals surface area contributed by atoms with Crippen molar-refractivity contribution in [3.05, 3.63) is 12.1 Å². The van der Waals surface area contributed by atoms with Gasteiger partial charge < -0.3 is 25.0 Å². The number of hydrogen-bond acceptors (Lipinski definition) is 5. The molecule has 120 valence electrons. The molecule has 7 heteroatoms. The van der Waals surface area contributed by atoms with Gasteiger partial charge in [-0.05, 0) is 6.07 Å². The number of carbonyl (C=O) groups excluding carboxylic acids is 2. The molecule has 1 aliphatic rings. The third-order valence-corrected chi connectivity index (χ3v) is 3.48. The van der Waals surface area contributed by atoms with Crippen LogP contribution >= 0.6 is 0 Å². The van der Waals surface area contributed by atoms with Crippen molar-refractivity contribution in [2.24, 2.45) is 0 Å². The van der Waals surface area contributed by atoms with E-state index in [1.807, 2.05) is 6.07 Å². The van der Waals surface area contributed by atoms with E-state index < -0.39 is 0 Å². The van der Waals surface area contributed by atoms with Crippen LogP contribution in [0.4, 0.5) is 17.1 Å². The topological polar surface area (TPSA) is 79.9 Å². The summed E-state index contributed by atoms with van der Waals surface area (Å²) >= 11 is 0. The lowest BCUT2D eigenvalue weighted by molar-refractivity contribution is -0.115. The second kappa shape index (κ2) is 7.65. The van der Waals surface area contributed by atoms with Gasteiger partial charge in [-0.2, -0.15) is 0 Å². The van der Waals surface area contributed by atoms with Crippen molar-refractivity contribution in [1.29, 1.82) is 0 Å². The summed E-state index contributed by atoms with van der Waals surface area (Å²) in [5.74, 6) is 0.458. The number of carbonyl (C=O) groups is 2. The number of rotatable bonds is 6. The molecule has 22 heavy (non-hydrogen) atoms. The molecule has 0 saturated carbocycles. The first-order chi connectivity index (χ1) is 10.7. The van der Waals surface area contributed by atoms with Crippen molar-refractivity contribution >= 4 is 29.4 Å². The molecule has 1 heterocycles. The number of methoxy groups -OCH3 is 1. The molecular formula is C15H21N3O4. The Labute approximate surface area is 129 Å². The summed E-state index contributed by atoms with van der Waals surface area (Å²) in [5.41, 5.74) is 2.03. The smallest absolute Gasteiger partial charge is 0.224 e. The molecule has 0 bridgehead atoms.